The van der Waals surface area contributed by atoms with E-state index in [1.807, 2.05) is 25.1 Å². The van der Waals surface area contributed by atoms with Gasteiger partial charge in [0.05, 0.1) is 0 Å². The minimum Gasteiger partial charge on any atom is -0.481 e. The summed E-state index contributed by atoms with van der Waals surface area (Å²) in [6.45, 7) is 6.25. The molecule has 26 heavy (non-hydrogen) atoms. The highest BCUT2D eigenvalue weighted by Crippen LogP contribution is 2.18. The van der Waals surface area contributed by atoms with Gasteiger partial charge in [0.15, 0.2) is 11.9 Å². The van der Waals surface area contributed by atoms with Gasteiger partial charge in [0.1, 0.15) is 5.75 Å². The molecule has 0 spiro atoms. The number of hydrogen-bond acceptors (Lipinski definition) is 3. The molecule has 0 unspecified atom stereocenters. The van der Waals surface area contributed by atoms with Gasteiger partial charge in [0.25, 0.3) is 5.91 Å². The molecule has 0 bridgehead atoms. The van der Waals surface area contributed by atoms with Gasteiger partial charge in [0.2, 0.25) is 0 Å². The maximum atomic E-state index is 12.3. The Bertz CT molecular complexity index is 710. The average Bonchev–Trinajstić information content (AvgIpc) is 2.69. The standard InChI is InChI=1S/C22H27NO3/c1-4-17(18-9-7-6-8-10-18)15-23-22(25)16(3)26-20-13-11-19(12-14-20)21(24)5-2/h6-14,16-17H,4-5,15H2,1-3H3,(H,23,25)/t16-,17+/m0/s1. The van der Waals surface area contributed by atoms with Crippen molar-refractivity contribution in [3.63, 3.8) is 0 Å². The lowest BCUT2D eigenvalue weighted by atomic mass is 9.96. The van der Waals surface area contributed by atoms with Crippen LogP contribution in [0.4, 0.5) is 0 Å². The first-order valence-electron chi connectivity index (χ1n) is 9.17. The second-order valence-corrected chi connectivity index (χ2v) is 6.32. The van der Waals surface area contributed by atoms with Gasteiger partial charge >= 0.3 is 0 Å². The number of ether oxygens (including phenoxy) is 1. The summed E-state index contributed by atoms with van der Waals surface area (Å²) in [6.07, 6.45) is 0.821. The van der Waals surface area contributed by atoms with Gasteiger partial charge < -0.3 is 10.1 Å². The highest BCUT2D eigenvalue weighted by molar-refractivity contribution is 5.95. The van der Waals surface area contributed by atoms with Crippen molar-refractivity contribution < 1.29 is 14.3 Å². The zero-order valence-electron chi connectivity index (χ0n) is 15.7. The van der Waals surface area contributed by atoms with Crippen molar-refractivity contribution in [3.05, 3.63) is 65.7 Å². The van der Waals surface area contributed by atoms with E-state index in [1.54, 1.807) is 31.2 Å². The second kappa shape index (κ2) is 9.76. The number of benzene rings is 2. The summed E-state index contributed by atoms with van der Waals surface area (Å²) in [5, 5.41) is 2.97. The monoisotopic (exact) mass is 353 g/mol. The van der Waals surface area contributed by atoms with Crippen molar-refractivity contribution in [2.24, 2.45) is 0 Å². The van der Waals surface area contributed by atoms with Gasteiger partial charge in [-0.2, -0.15) is 0 Å². The number of hydrogen-bond donors (Lipinski definition) is 1. The van der Waals surface area contributed by atoms with E-state index >= 15 is 0 Å². The van der Waals surface area contributed by atoms with Gasteiger partial charge in [-0.3, -0.25) is 9.59 Å². The Morgan fingerprint density at radius 2 is 1.65 bits per heavy atom. The number of nitrogens with one attached hydrogen (secondary N) is 1. The van der Waals surface area contributed by atoms with E-state index in [-0.39, 0.29) is 17.6 Å². The molecule has 0 heterocycles. The summed E-state index contributed by atoms with van der Waals surface area (Å²) in [7, 11) is 0. The topological polar surface area (TPSA) is 55.4 Å². The smallest absolute Gasteiger partial charge is 0.260 e. The Kier molecular flexibility index (Phi) is 7.39. The molecule has 0 aliphatic heterocycles. The van der Waals surface area contributed by atoms with E-state index in [1.165, 1.54) is 5.56 Å². The van der Waals surface area contributed by atoms with Crippen LogP contribution >= 0.6 is 0 Å². The lowest BCUT2D eigenvalue weighted by molar-refractivity contribution is -0.127. The van der Waals surface area contributed by atoms with E-state index in [4.69, 9.17) is 4.74 Å². The first kappa shape index (κ1) is 19.7. The van der Waals surface area contributed by atoms with Crippen molar-refractivity contribution >= 4 is 11.7 Å². The number of carbonyl (C=O) groups is 2. The molecule has 2 rings (SSSR count). The number of carbonyl (C=O) groups excluding carboxylic acids is 2. The van der Waals surface area contributed by atoms with E-state index in [0.29, 0.717) is 24.3 Å². The van der Waals surface area contributed by atoms with Crippen LogP contribution < -0.4 is 10.1 Å². The zero-order chi connectivity index (χ0) is 18.9. The molecular formula is C22H27NO3. The Hall–Kier alpha value is -2.62. The fraction of sp³-hybridized carbons (Fsp3) is 0.364. The Balaban J connectivity index is 1.88. The van der Waals surface area contributed by atoms with Crippen LogP contribution in [0.2, 0.25) is 0 Å². The Morgan fingerprint density at radius 1 is 1.00 bits per heavy atom. The molecular weight excluding hydrogens is 326 g/mol. The Morgan fingerprint density at radius 3 is 2.23 bits per heavy atom. The van der Waals surface area contributed by atoms with Crippen LogP contribution in [-0.2, 0) is 4.79 Å². The third kappa shape index (κ3) is 5.45. The quantitative estimate of drug-likeness (QED) is 0.682. The minimum atomic E-state index is -0.601. The van der Waals surface area contributed by atoms with Crippen LogP contribution in [0.3, 0.4) is 0 Å². The fourth-order valence-corrected chi connectivity index (χ4v) is 2.77. The van der Waals surface area contributed by atoms with Crippen LogP contribution in [0.5, 0.6) is 5.75 Å². The summed E-state index contributed by atoms with van der Waals surface area (Å²) >= 11 is 0. The van der Waals surface area contributed by atoms with Gasteiger partial charge in [-0.25, -0.2) is 0 Å². The number of rotatable bonds is 9. The molecule has 0 saturated heterocycles. The molecule has 0 radical (unpaired) electrons. The molecule has 4 heteroatoms. The van der Waals surface area contributed by atoms with Gasteiger partial charge in [-0.1, -0.05) is 44.2 Å². The molecule has 2 aromatic rings. The second-order valence-electron chi connectivity index (χ2n) is 6.32. The SMILES string of the molecule is CCC(=O)c1ccc(O[C@@H](C)C(=O)NC[C@@H](CC)c2ccccc2)cc1. The van der Waals surface area contributed by atoms with Crippen LogP contribution in [0.1, 0.15) is 55.5 Å². The zero-order valence-corrected chi connectivity index (χ0v) is 15.7. The maximum Gasteiger partial charge on any atom is 0.260 e. The van der Waals surface area contributed by atoms with Crippen molar-refractivity contribution in [2.45, 2.75) is 45.6 Å². The van der Waals surface area contributed by atoms with Crippen LogP contribution in [-0.4, -0.2) is 24.3 Å². The molecule has 2 aromatic carbocycles. The summed E-state index contributed by atoms with van der Waals surface area (Å²) in [5.74, 6) is 0.809. The third-order valence-electron chi connectivity index (χ3n) is 4.47. The van der Waals surface area contributed by atoms with Gasteiger partial charge in [0, 0.05) is 24.4 Å². The maximum absolute atomic E-state index is 12.3. The highest BCUT2D eigenvalue weighted by Gasteiger charge is 2.17. The minimum absolute atomic E-state index is 0.0915. The lowest BCUT2D eigenvalue weighted by Crippen LogP contribution is -2.38. The number of Topliss-reactive ketones (excluding diaryl/α,β-unsaturated/α-hetero) is 1. The molecule has 1 N–H and O–H groups in total. The largest absolute Gasteiger partial charge is 0.481 e. The molecule has 1 amide bonds. The molecule has 0 fully saturated rings. The van der Waals surface area contributed by atoms with Crippen molar-refractivity contribution in [3.8, 4) is 5.75 Å². The van der Waals surface area contributed by atoms with Crippen molar-refractivity contribution in [2.75, 3.05) is 6.54 Å². The molecule has 0 aromatic heterocycles. The Labute approximate surface area is 155 Å². The molecule has 0 saturated carbocycles. The van der Waals surface area contributed by atoms with Gasteiger partial charge in [-0.05, 0) is 43.2 Å². The molecule has 4 nitrogen and oxygen atoms in total. The van der Waals surface area contributed by atoms with Crippen molar-refractivity contribution in [1.29, 1.82) is 0 Å². The van der Waals surface area contributed by atoms with Crippen LogP contribution in [0.15, 0.2) is 54.6 Å². The van der Waals surface area contributed by atoms with Crippen molar-refractivity contribution in [1.82, 2.24) is 5.32 Å². The van der Waals surface area contributed by atoms with E-state index in [2.05, 4.69) is 24.4 Å². The highest BCUT2D eigenvalue weighted by atomic mass is 16.5. The van der Waals surface area contributed by atoms with Gasteiger partial charge in [-0.15, -0.1) is 0 Å². The summed E-state index contributed by atoms with van der Waals surface area (Å²) < 4.78 is 5.69. The van der Waals surface area contributed by atoms with Crippen LogP contribution in [0, 0.1) is 0 Å². The lowest BCUT2D eigenvalue weighted by Gasteiger charge is -2.19. The number of amides is 1. The first-order chi connectivity index (χ1) is 12.5. The number of ketones is 1. The summed E-state index contributed by atoms with van der Waals surface area (Å²) in [4.78, 5) is 24.0. The predicted octanol–water partition coefficient (Wildman–Crippen LogP) is 4.36. The first-order valence-corrected chi connectivity index (χ1v) is 9.17. The van der Waals surface area contributed by atoms with Crippen LogP contribution in [0.25, 0.3) is 0 Å². The summed E-state index contributed by atoms with van der Waals surface area (Å²) in [5.41, 5.74) is 1.88. The predicted molar refractivity (Wildman–Crippen MR) is 104 cm³/mol. The van der Waals surface area contributed by atoms with E-state index in [9.17, 15) is 9.59 Å². The summed E-state index contributed by atoms with van der Waals surface area (Å²) in [6, 6.07) is 17.1. The molecule has 138 valence electrons. The van der Waals surface area contributed by atoms with E-state index in [0.717, 1.165) is 6.42 Å². The average molecular weight is 353 g/mol. The fourth-order valence-electron chi connectivity index (χ4n) is 2.77. The third-order valence-corrected chi connectivity index (χ3v) is 4.47. The van der Waals surface area contributed by atoms with E-state index < -0.39 is 6.10 Å². The molecule has 0 aliphatic carbocycles. The normalized spacial score (nSPS) is 12.9. The molecule has 2 atom stereocenters. The molecule has 0 aliphatic rings.